The summed E-state index contributed by atoms with van der Waals surface area (Å²) in [4.78, 5) is 18.8. The van der Waals surface area contributed by atoms with E-state index >= 15 is 0 Å². The molecule has 0 spiro atoms. The van der Waals surface area contributed by atoms with Crippen molar-refractivity contribution in [1.82, 2.24) is 14.8 Å². The van der Waals surface area contributed by atoms with Crippen molar-refractivity contribution >= 4 is 45.2 Å². The largest absolute Gasteiger partial charge is 0.493 e. The van der Waals surface area contributed by atoms with Gasteiger partial charge in [-0.15, -0.1) is 5.10 Å². The normalized spacial score (nSPS) is 14.2. The van der Waals surface area contributed by atoms with Crippen molar-refractivity contribution in [3.05, 3.63) is 98.7 Å². The molecule has 0 bridgehead atoms. The monoisotopic (exact) mass is 661 g/mol. The summed E-state index contributed by atoms with van der Waals surface area (Å²) < 4.78 is 14.5. The Hall–Kier alpha value is -3.76. The van der Waals surface area contributed by atoms with Crippen LogP contribution in [0, 0.1) is 13.8 Å². The first kappa shape index (κ1) is 30.7. The Labute approximate surface area is 265 Å². The topological polar surface area (TPSA) is 90.3 Å². The number of hydrogen-bond acceptors (Lipinski definition) is 7. The fourth-order valence-electron chi connectivity index (χ4n) is 5.02. The highest BCUT2D eigenvalue weighted by Crippen LogP contribution is 2.43. The Morgan fingerprint density at radius 1 is 1.12 bits per heavy atom. The van der Waals surface area contributed by atoms with Crippen LogP contribution in [0.5, 0.6) is 11.5 Å². The number of carbonyl (C=O) groups excluding carboxylic acids is 1. The molecule has 0 saturated carbocycles. The van der Waals surface area contributed by atoms with Gasteiger partial charge in [0.1, 0.15) is 6.04 Å². The van der Waals surface area contributed by atoms with Crippen LogP contribution in [0.3, 0.4) is 0 Å². The Morgan fingerprint density at radius 3 is 2.65 bits per heavy atom. The quantitative estimate of drug-likeness (QED) is 0.159. The van der Waals surface area contributed by atoms with Gasteiger partial charge in [-0.1, -0.05) is 61.2 Å². The number of nitrogens with one attached hydrogen (secondary N) is 2. The number of carbonyl (C=O) groups is 1. The number of nitrogens with zero attached hydrogens (tertiary/aromatic N) is 3. The lowest BCUT2D eigenvalue weighted by atomic mass is 9.94. The van der Waals surface area contributed by atoms with Crippen molar-refractivity contribution in [1.29, 1.82) is 0 Å². The zero-order valence-electron chi connectivity index (χ0n) is 25.0. The maximum absolute atomic E-state index is 14.1. The van der Waals surface area contributed by atoms with Gasteiger partial charge in [-0.2, -0.15) is 4.98 Å². The number of aryl methyl sites for hydroxylation is 1. The van der Waals surface area contributed by atoms with Crippen molar-refractivity contribution in [3.8, 4) is 11.5 Å². The molecular formula is C33H36BrN5O3S. The van der Waals surface area contributed by atoms with Crippen LogP contribution in [0.2, 0.25) is 0 Å². The molecule has 10 heteroatoms. The van der Waals surface area contributed by atoms with Crippen LogP contribution in [0.25, 0.3) is 0 Å². The van der Waals surface area contributed by atoms with Gasteiger partial charge in [0, 0.05) is 23.6 Å². The number of benzene rings is 3. The van der Waals surface area contributed by atoms with E-state index in [4.69, 9.17) is 19.6 Å². The van der Waals surface area contributed by atoms with Crippen LogP contribution in [0.4, 0.5) is 11.6 Å². The van der Waals surface area contributed by atoms with Crippen LogP contribution in [-0.4, -0.2) is 40.1 Å². The second-order valence-corrected chi connectivity index (χ2v) is 12.3. The molecular weight excluding hydrogens is 626 g/mol. The van der Waals surface area contributed by atoms with Gasteiger partial charge >= 0.3 is 0 Å². The van der Waals surface area contributed by atoms with E-state index in [0.717, 1.165) is 45.4 Å². The van der Waals surface area contributed by atoms with Gasteiger partial charge in [-0.25, -0.2) is 4.68 Å². The van der Waals surface area contributed by atoms with E-state index in [-0.39, 0.29) is 5.91 Å². The fourth-order valence-corrected chi connectivity index (χ4v) is 6.28. The summed E-state index contributed by atoms with van der Waals surface area (Å²) >= 11 is 5.32. The predicted molar refractivity (Wildman–Crippen MR) is 176 cm³/mol. The first-order chi connectivity index (χ1) is 20.8. The number of hydrogen-bond donors (Lipinski definition) is 2. The number of anilines is 2. The highest BCUT2D eigenvalue weighted by atomic mass is 79.9. The van der Waals surface area contributed by atoms with Gasteiger partial charge in [-0.3, -0.25) is 4.79 Å². The zero-order chi connectivity index (χ0) is 30.5. The fraction of sp³-hybridized carbons (Fsp3) is 0.303. The summed E-state index contributed by atoms with van der Waals surface area (Å²) in [7, 11) is 1.62. The van der Waals surface area contributed by atoms with Gasteiger partial charge in [0.2, 0.25) is 11.1 Å². The first-order valence-electron chi connectivity index (χ1n) is 14.3. The zero-order valence-corrected chi connectivity index (χ0v) is 27.4. The number of thioether (sulfide) groups is 1. The third kappa shape index (κ3) is 6.75. The Morgan fingerprint density at radius 2 is 1.91 bits per heavy atom. The van der Waals surface area contributed by atoms with Gasteiger partial charge in [0.05, 0.1) is 23.8 Å². The van der Waals surface area contributed by atoms with Crippen LogP contribution in [0.15, 0.2) is 81.6 Å². The van der Waals surface area contributed by atoms with Gasteiger partial charge < -0.3 is 20.1 Å². The van der Waals surface area contributed by atoms with E-state index < -0.39 is 6.04 Å². The molecule has 4 aromatic rings. The maximum Gasteiger partial charge on any atom is 0.255 e. The number of aromatic nitrogens is 3. The highest BCUT2D eigenvalue weighted by Gasteiger charge is 2.35. The van der Waals surface area contributed by atoms with Gasteiger partial charge in [0.15, 0.2) is 11.5 Å². The summed E-state index contributed by atoms with van der Waals surface area (Å²) in [5.41, 5.74) is 6.15. The van der Waals surface area contributed by atoms with Crippen molar-refractivity contribution in [2.24, 2.45) is 0 Å². The lowest BCUT2D eigenvalue weighted by Crippen LogP contribution is -2.31. The molecule has 0 radical (unpaired) electrons. The summed E-state index contributed by atoms with van der Waals surface area (Å²) in [6.07, 6.45) is 1.76. The average Bonchev–Trinajstić information content (AvgIpc) is 3.41. The molecule has 1 aliphatic rings. The molecule has 1 amide bonds. The van der Waals surface area contributed by atoms with Gasteiger partial charge in [-0.05, 0) is 83.6 Å². The lowest BCUT2D eigenvalue weighted by Gasteiger charge is -2.29. The maximum atomic E-state index is 14.1. The van der Waals surface area contributed by atoms with Crippen molar-refractivity contribution in [2.45, 2.75) is 51.7 Å². The van der Waals surface area contributed by atoms with Crippen LogP contribution >= 0.6 is 27.7 Å². The highest BCUT2D eigenvalue weighted by molar-refractivity contribution is 9.10. The first-order valence-corrected chi connectivity index (χ1v) is 16.1. The molecule has 1 atom stereocenters. The molecule has 8 nitrogen and oxygen atoms in total. The molecule has 1 aliphatic heterocycles. The van der Waals surface area contributed by atoms with E-state index in [2.05, 4.69) is 45.6 Å². The minimum Gasteiger partial charge on any atom is -0.493 e. The molecule has 43 heavy (non-hydrogen) atoms. The third-order valence-electron chi connectivity index (χ3n) is 7.41. The lowest BCUT2D eigenvalue weighted by molar-refractivity contribution is -0.113. The van der Waals surface area contributed by atoms with Crippen LogP contribution in [-0.2, 0) is 11.2 Å². The Bertz CT molecular complexity index is 1650. The van der Waals surface area contributed by atoms with Crippen molar-refractivity contribution < 1.29 is 14.3 Å². The predicted octanol–water partition coefficient (Wildman–Crippen LogP) is 7.72. The van der Waals surface area contributed by atoms with Crippen molar-refractivity contribution in [2.75, 3.05) is 30.1 Å². The number of methoxy groups -OCH3 is 1. The van der Waals surface area contributed by atoms with E-state index in [1.807, 2.05) is 69.3 Å². The Kier molecular flexibility index (Phi) is 9.77. The number of amides is 1. The number of ether oxygens (including phenoxy) is 2. The molecule has 0 aliphatic carbocycles. The van der Waals surface area contributed by atoms with Crippen molar-refractivity contribution in [3.63, 3.8) is 0 Å². The Balaban J connectivity index is 1.53. The average molecular weight is 663 g/mol. The minimum absolute atomic E-state index is 0.217. The second-order valence-electron chi connectivity index (χ2n) is 10.4. The standard InChI is InChI=1S/C33H36BrN5O3S/c1-6-17-43-33-37-32-35-22(4)28(31(40)36-26-14-10-11-20(2)21(26)3)29(39(32)38-33)24-18-25(34)30(27(19-24)41-5)42-16-15-23-12-8-7-9-13-23/h7-14,18-19,29H,6,15-17H2,1-5H3,(H,36,40)(H,35,37,38). The third-order valence-corrected chi connectivity index (χ3v) is 9.05. The summed E-state index contributed by atoms with van der Waals surface area (Å²) in [6, 6.07) is 19.4. The summed E-state index contributed by atoms with van der Waals surface area (Å²) in [5.74, 6) is 2.43. The number of halogens is 1. The van der Waals surface area contributed by atoms with E-state index in [1.165, 1.54) is 5.56 Å². The van der Waals surface area contributed by atoms with Crippen LogP contribution < -0.4 is 20.1 Å². The number of fused-ring (bicyclic) bond motifs is 1. The summed E-state index contributed by atoms with van der Waals surface area (Å²) in [6.45, 7) is 8.55. The minimum atomic E-state index is -0.562. The van der Waals surface area contributed by atoms with E-state index in [1.54, 1.807) is 23.6 Å². The number of allylic oxidation sites excluding steroid dienone is 1. The van der Waals surface area contributed by atoms with E-state index in [0.29, 0.717) is 40.5 Å². The molecule has 0 saturated heterocycles. The molecule has 1 unspecified atom stereocenters. The van der Waals surface area contributed by atoms with E-state index in [9.17, 15) is 4.79 Å². The van der Waals surface area contributed by atoms with Crippen LogP contribution in [0.1, 0.15) is 48.6 Å². The number of rotatable bonds is 11. The second kappa shape index (κ2) is 13.7. The molecule has 2 N–H and O–H groups in total. The molecule has 5 rings (SSSR count). The molecule has 2 heterocycles. The molecule has 3 aromatic carbocycles. The smallest absolute Gasteiger partial charge is 0.255 e. The molecule has 1 aromatic heterocycles. The molecule has 0 fully saturated rings. The molecule has 224 valence electrons. The SMILES string of the molecule is CCCSc1nc2n(n1)C(c1cc(Br)c(OCCc3ccccc3)c(OC)c1)C(C(=O)Nc1cccc(C)c1C)=C(C)N2. The van der Waals surface area contributed by atoms with Gasteiger partial charge in [0.25, 0.3) is 5.91 Å². The summed E-state index contributed by atoms with van der Waals surface area (Å²) in [5, 5.41) is 12.0.